The molecule has 0 saturated carbocycles. The Morgan fingerprint density at radius 3 is 2.79 bits per heavy atom. The average Bonchev–Trinajstić information content (AvgIpc) is 3.05. The number of hydrogen-bond acceptors (Lipinski definition) is 3. The maximum absolute atomic E-state index is 12.4. The number of aromatic nitrogens is 2. The molecular formula is C18H22N4O2. The van der Waals surface area contributed by atoms with Crippen LogP contribution in [0.15, 0.2) is 30.6 Å². The predicted octanol–water partition coefficient (Wildman–Crippen LogP) is 3.02. The van der Waals surface area contributed by atoms with Crippen LogP contribution in [0, 0.1) is 0 Å². The lowest BCUT2D eigenvalue weighted by atomic mass is 10.0. The molecule has 0 fully saturated rings. The molecule has 0 atom stereocenters. The van der Waals surface area contributed by atoms with Gasteiger partial charge in [0.2, 0.25) is 5.91 Å². The molecule has 126 valence electrons. The molecule has 0 aliphatic carbocycles. The minimum absolute atomic E-state index is 0.155. The van der Waals surface area contributed by atoms with Crippen LogP contribution in [-0.4, -0.2) is 28.1 Å². The highest BCUT2D eigenvalue weighted by Crippen LogP contribution is 2.30. The molecule has 1 aliphatic heterocycles. The molecule has 3 rings (SSSR count). The fourth-order valence-corrected chi connectivity index (χ4v) is 2.93. The van der Waals surface area contributed by atoms with Crippen molar-refractivity contribution in [1.82, 2.24) is 9.78 Å². The highest BCUT2D eigenvalue weighted by Gasteiger charge is 2.23. The van der Waals surface area contributed by atoms with Crippen LogP contribution < -0.4 is 10.2 Å². The average molecular weight is 326 g/mol. The predicted molar refractivity (Wildman–Crippen MR) is 93.4 cm³/mol. The molecule has 0 unspecified atom stereocenters. The van der Waals surface area contributed by atoms with E-state index in [0.717, 1.165) is 16.9 Å². The zero-order valence-electron chi connectivity index (χ0n) is 14.2. The SMILES string of the molecule is CCN1C(=O)CCc2cc(NC(=O)c3cnn(C(C)C)c3)ccc21. The molecule has 0 bridgehead atoms. The molecule has 2 amide bonds. The van der Waals surface area contributed by atoms with E-state index in [2.05, 4.69) is 10.4 Å². The van der Waals surface area contributed by atoms with Gasteiger partial charge in [0, 0.05) is 36.6 Å². The van der Waals surface area contributed by atoms with E-state index in [0.29, 0.717) is 24.9 Å². The van der Waals surface area contributed by atoms with Crippen LogP contribution in [0.4, 0.5) is 11.4 Å². The number of carbonyl (C=O) groups is 2. The third kappa shape index (κ3) is 3.04. The maximum atomic E-state index is 12.4. The van der Waals surface area contributed by atoms with Crippen molar-refractivity contribution in [3.05, 3.63) is 41.7 Å². The van der Waals surface area contributed by atoms with Crippen molar-refractivity contribution in [2.45, 2.75) is 39.7 Å². The zero-order chi connectivity index (χ0) is 17.3. The van der Waals surface area contributed by atoms with Crippen molar-refractivity contribution in [2.24, 2.45) is 0 Å². The maximum Gasteiger partial charge on any atom is 0.258 e. The van der Waals surface area contributed by atoms with Crippen molar-refractivity contribution in [1.29, 1.82) is 0 Å². The Kier molecular flexibility index (Phi) is 4.38. The van der Waals surface area contributed by atoms with Gasteiger partial charge in [-0.05, 0) is 51.0 Å². The van der Waals surface area contributed by atoms with Gasteiger partial charge in [-0.3, -0.25) is 14.3 Å². The molecule has 0 radical (unpaired) electrons. The van der Waals surface area contributed by atoms with E-state index in [9.17, 15) is 9.59 Å². The number of hydrogen-bond donors (Lipinski definition) is 1. The smallest absolute Gasteiger partial charge is 0.258 e. The molecule has 1 aliphatic rings. The van der Waals surface area contributed by atoms with Gasteiger partial charge in [-0.15, -0.1) is 0 Å². The Balaban J connectivity index is 1.78. The summed E-state index contributed by atoms with van der Waals surface area (Å²) in [5.41, 5.74) is 3.31. The van der Waals surface area contributed by atoms with Crippen molar-refractivity contribution < 1.29 is 9.59 Å². The van der Waals surface area contributed by atoms with E-state index in [1.165, 1.54) is 0 Å². The highest BCUT2D eigenvalue weighted by atomic mass is 16.2. The van der Waals surface area contributed by atoms with Gasteiger partial charge in [0.1, 0.15) is 0 Å². The van der Waals surface area contributed by atoms with Gasteiger partial charge in [0.15, 0.2) is 0 Å². The Bertz CT molecular complexity index is 779. The Labute approximate surface area is 141 Å². The second-order valence-electron chi connectivity index (χ2n) is 6.24. The zero-order valence-corrected chi connectivity index (χ0v) is 14.2. The number of carbonyl (C=O) groups excluding carboxylic acids is 2. The molecule has 0 spiro atoms. The summed E-state index contributed by atoms with van der Waals surface area (Å²) >= 11 is 0. The largest absolute Gasteiger partial charge is 0.322 e. The molecule has 0 saturated heterocycles. The van der Waals surface area contributed by atoms with E-state index in [-0.39, 0.29) is 17.9 Å². The molecule has 1 N–H and O–H groups in total. The van der Waals surface area contributed by atoms with Gasteiger partial charge < -0.3 is 10.2 Å². The number of amides is 2. The van der Waals surface area contributed by atoms with Crippen LogP contribution in [0.25, 0.3) is 0 Å². The van der Waals surface area contributed by atoms with Crippen LogP contribution in [-0.2, 0) is 11.2 Å². The van der Waals surface area contributed by atoms with E-state index >= 15 is 0 Å². The van der Waals surface area contributed by atoms with Crippen LogP contribution in [0.3, 0.4) is 0 Å². The van der Waals surface area contributed by atoms with Crippen LogP contribution in [0.1, 0.15) is 49.2 Å². The number of aryl methyl sites for hydroxylation is 1. The second-order valence-corrected chi connectivity index (χ2v) is 6.24. The molecular weight excluding hydrogens is 304 g/mol. The molecule has 2 aromatic rings. The number of nitrogens with zero attached hydrogens (tertiary/aromatic N) is 3. The fraction of sp³-hybridized carbons (Fsp3) is 0.389. The standard InChI is InChI=1S/C18H22N4O2/c1-4-21-16-7-6-15(9-13(16)5-8-17(21)23)20-18(24)14-10-19-22(11-14)12(2)3/h6-7,9-12H,4-5,8H2,1-3H3,(H,20,24). The third-order valence-corrected chi connectivity index (χ3v) is 4.25. The Hall–Kier alpha value is -2.63. The number of nitrogens with one attached hydrogen (secondary N) is 1. The van der Waals surface area contributed by atoms with Gasteiger partial charge in [-0.2, -0.15) is 5.10 Å². The molecule has 1 aromatic heterocycles. The van der Waals surface area contributed by atoms with Gasteiger partial charge in [-0.25, -0.2) is 0 Å². The van der Waals surface area contributed by atoms with E-state index in [1.807, 2.05) is 39.0 Å². The summed E-state index contributed by atoms with van der Waals surface area (Å²) in [6.45, 7) is 6.65. The lowest BCUT2D eigenvalue weighted by molar-refractivity contribution is -0.118. The normalized spacial score (nSPS) is 14.0. The Morgan fingerprint density at radius 1 is 1.33 bits per heavy atom. The first kappa shape index (κ1) is 16.2. The van der Waals surface area contributed by atoms with Gasteiger partial charge in [0.25, 0.3) is 5.91 Å². The Morgan fingerprint density at radius 2 is 2.12 bits per heavy atom. The van der Waals surface area contributed by atoms with Crippen LogP contribution in [0.2, 0.25) is 0 Å². The van der Waals surface area contributed by atoms with Crippen LogP contribution >= 0.6 is 0 Å². The quantitative estimate of drug-likeness (QED) is 0.939. The topological polar surface area (TPSA) is 67.2 Å². The molecule has 6 heteroatoms. The molecule has 6 nitrogen and oxygen atoms in total. The monoisotopic (exact) mass is 326 g/mol. The summed E-state index contributed by atoms with van der Waals surface area (Å²) in [6.07, 6.45) is 4.54. The first-order valence-electron chi connectivity index (χ1n) is 8.28. The summed E-state index contributed by atoms with van der Waals surface area (Å²) in [7, 11) is 0. The van der Waals surface area contributed by atoms with Crippen molar-refractivity contribution in [2.75, 3.05) is 16.8 Å². The van der Waals surface area contributed by atoms with Gasteiger partial charge in [-0.1, -0.05) is 0 Å². The molecule has 24 heavy (non-hydrogen) atoms. The number of benzene rings is 1. The summed E-state index contributed by atoms with van der Waals surface area (Å²) in [5, 5.41) is 7.10. The lowest BCUT2D eigenvalue weighted by Crippen LogP contribution is -2.34. The molecule has 2 heterocycles. The minimum atomic E-state index is -0.180. The summed E-state index contributed by atoms with van der Waals surface area (Å²) in [6, 6.07) is 5.91. The van der Waals surface area contributed by atoms with E-state index in [1.54, 1.807) is 22.0 Å². The summed E-state index contributed by atoms with van der Waals surface area (Å²) in [5.74, 6) is -0.0241. The molecule has 1 aromatic carbocycles. The minimum Gasteiger partial charge on any atom is -0.322 e. The van der Waals surface area contributed by atoms with Gasteiger partial charge in [0.05, 0.1) is 11.8 Å². The van der Waals surface area contributed by atoms with Crippen molar-refractivity contribution in [3.63, 3.8) is 0 Å². The first-order chi connectivity index (χ1) is 11.5. The highest BCUT2D eigenvalue weighted by molar-refractivity contribution is 6.04. The summed E-state index contributed by atoms with van der Waals surface area (Å²) < 4.78 is 1.76. The first-order valence-corrected chi connectivity index (χ1v) is 8.28. The number of anilines is 2. The second kappa shape index (κ2) is 6.47. The summed E-state index contributed by atoms with van der Waals surface area (Å²) in [4.78, 5) is 26.1. The lowest BCUT2D eigenvalue weighted by Gasteiger charge is -2.28. The number of fused-ring (bicyclic) bond motifs is 1. The fourth-order valence-electron chi connectivity index (χ4n) is 2.93. The van der Waals surface area contributed by atoms with Crippen molar-refractivity contribution >= 4 is 23.2 Å². The van der Waals surface area contributed by atoms with Crippen LogP contribution in [0.5, 0.6) is 0 Å². The van der Waals surface area contributed by atoms with Crippen molar-refractivity contribution in [3.8, 4) is 0 Å². The third-order valence-electron chi connectivity index (χ3n) is 4.25. The van der Waals surface area contributed by atoms with E-state index < -0.39 is 0 Å². The number of rotatable bonds is 4. The van der Waals surface area contributed by atoms with E-state index in [4.69, 9.17) is 0 Å². The van der Waals surface area contributed by atoms with Gasteiger partial charge >= 0.3 is 0 Å².